The summed E-state index contributed by atoms with van der Waals surface area (Å²) >= 11 is 0. The van der Waals surface area contributed by atoms with Gasteiger partial charge in [0.2, 0.25) is 17.7 Å². The standard InChI is InChI=1S/C9H13NO3/c1-2-3-4-7(11)10-8(12)5-6-9(10)13/h2-6H2,1H3. The van der Waals surface area contributed by atoms with Crippen LogP contribution in [0, 0.1) is 0 Å². The maximum Gasteiger partial charge on any atom is 0.236 e. The lowest BCUT2D eigenvalue weighted by Crippen LogP contribution is -2.35. The number of hydrogen-bond donors (Lipinski definition) is 0. The van der Waals surface area contributed by atoms with E-state index < -0.39 is 0 Å². The van der Waals surface area contributed by atoms with E-state index >= 15 is 0 Å². The van der Waals surface area contributed by atoms with Crippen LogP contribution in [0.15, 0.2) is 0 Å². The number of hydrogen-bond acceptors (Lipinski definition) is 3. The van der Waals surface area contributed by atoms with Crippen LogP contribution in [0.3, 0.4) is 0 Å². The van der Waals surface area contributed by atoms with Gasteiger partial charge in [0.25, 0.3) is 0 Å². The maximum atomic E-state index is 11.3. The van der Waals surface area contributed by atoms with Crippen LogP contribution >= 0.6 is 0 Å². The Kier molecular flexibility index (Phi) is 3.17. The van der Waals surface area contributed by atoms with Gasteiger partial charge in [-0.25, -0.2) is 4.90 Å². The normalized spacial score (nSPS) is 16.8. The largest absolute Gasteiger partial charge is 0.274 e. The van der Waals surface area contributed by atoms with Gasteiger partial charge in [-0.05, 0) is 6.42 Å². The van der Waals surface area contributed by atoms with Crippen LogP contribution in [0.4, 0.5) is 0 Å². The van der Waals surface area contributed by atoms with Crippen molar-refractivity contribution >= 4 is 17.7 Å². The molecule has 0 aromatic carbocycles. The average molecular weight is 183 g/mol. The van der Waals surface area contributed by atoms with Crippen molar-refractivity contribution in [3.05, 3.63) is 0 Å². The van der Waals surface area contributed by atoms with E-state index in [-0.39, 0.29) is 30.6 Å². The van der Waals surface area contributed by atoms with Gasteiger partial charge in [-0.15, -0.1) is 0 Å². The van der Waals surface area contributed by atoms with Gasteiger partial charge in [-0.2, -0.15) is 0 Å². The minimum atomic E-state index is -0.342. The monoisotopic (exact) mass is 183 g/mol. The number of amides is 3. The van der Waals surface area contributed by atoms with Crippen molar-refractivity contribution in [2.45, 2.75) is 39.0 Å². The maximum absolute atomic E-state index is 11.3. The Hall–Kier alpha value is -1.19. The summed E-state index contributed by atoms with van der Waals surface area (Å²) in [5.41, 5.74) is 0. The lowest BCUT2D eigenvalue weighted by atomic mass is 10.2. The Labute approximate surface area is 76.9 Å². The number of carbonyl (C=O) groups is 3. The Bertz CT molecular complexity index is 231. The van der Waals surface area contributed by atoms with Gasteiger partial charge in [-0.1, -0.05) is 13.3 Å². The van der Waals surface area contributed by atoms with E-state index in [0.29, 0.717) is 6.42 Å². The van der Waals surface area contributed by atoms with Crippen molar-refractivity contribution in [1.82, 2.24) is 4.90 Å². The summed E-state index contributed by atoms with van der Waals surface area (Å²) in [6.45, 7) is 1.96. The zero-order valence-corrected chi connectivity index (χ0v) is 7.71. The highest BCUT2D eigenvalue weighted by Crippen LogP contribution is 2.13. The second kappa shape index (κ2) is 4.16. The van der Waals surface area contributed by atoms with Crippen molar-refractivity contribution in [1.29, 1.82) is 0 Å². The Morgan fingerprint density at radius 2 is 1.85 bits per heavy atom. The highest BCUT2D eigenvalue weighted by molar-refractivity contribution is 6.14. The molecule has 72 valence electrons. The molecule has 1 heterocycles. The van der Waals surface area contributed by atoms with Crippen LogP contribution in [0.1, 0.15) is 39.0 Å². The van der Waals surface area contributed by atoms with E-state index in [1.807, 2.05) is 6.92 Å². The van der Waals surface area contributed by atoms with Gasteiger partial charge >= 0.3 is 0 Å². The van der Waals surface area contributed by atoms with Crippen LogP contribution in [0.25, 0.3) is 0 Å². The van der Waals surface area contributed by atoms with E-state index in [4.69, 9.17) is 0 Å². The fourth-order valence-electron chi connectivity index (χ4n) is 1.29. The second-order valence-electron chi connectivity index (χ2n) is 3.12. The van der Waals surface area contributed by atoms with Gasteiger partial charge in [0.05, 0.1) is 0 Å². The molecule has 0 spiro atoms. The number of unbranched alkanes of at least 4 members (excludes halogenated alkanes) is 1. The molecule has 0 bridgehead atoms. The van der Waals surface area contributed by atoms with Gasteiger partial charge in [0, 0.05) is 19.3 Å². The summed E-state index contributed by atoms with van der Waals surface area (Å²) < 4.78 is 0. The number of likely N-dealkylation sites (tertiary alicyclic amines) is 1. The molecule has 1 fully saturated rings. The smallest absolute Gasteiger partial charge is 0.236 e. The predicted molar refractivity (Wildman–Crippen MR) is 45.6 cm³/mol. The van der Waals surface area contributed by atoms with Crippen LogP contribution in [-0.2, 0) is 14.4 Å². The molecule has 1 saturated heterocycles. The topological polar surface area (TPSA) is 54.5 Å². The fraction of sp³-hybridized carbons (Fsp3) is 0.667. The van der Waals surface area contributed by atoms with Crippen LogP contribution in [0.2, 0.25) is 0 Å². The molecule has 1 aliphatic heterocycles. The molecule has 1 aliphatic rings. The fourth-order valence-corrected chi connectivity index (χ4v) is 1.29. The molecule has 0 aromatic heterocycles. The van der Waals surface area contributed by atoms with Crippen LogP contribution in [-0.4, -0.2) is 22.6 Å². The van der Waals surface area contributed by atoms with Gasteiger partial charge < -0.3 is 0 Å². The third-order valence-corrected chi connectivity index (χ3v) is 2.05. The zero-order valence-electron chi connectivity index (χ0n) is 7.71. The highest BCUT2D eigenvalue weighted by atomic mass is 16.2. The van der Waals surface area contributed by atoms with Crippen molar-refractivity contribution in [2.24, 2.45) is 0 Å². The molecule has 1 rings (SSSR count). The lowest BCUT2D eigenvalue weighted by Gasteiger charge is -2.10. The summed E-state index contributed by atoms with van der Waals surface area (Å²) in [7, 11) is 0. The first-order valence-electron chi connectivity index (χ1n) is 4.55. The number of imide groups is 3. The quantitative estimate of drug-likeness (QED) is 0.609. The molecule has 0 aromatic rings. The third-order valence-electron chi connectivity index (χ3n) is 2.05. The Morgan fingerprint density at radius 1 is 1.31 bits per heavy atom. The summed E-state index contributed by atoms with van der Waals surface area (Å²) in [6.07, 6.45) is 2.30. The SMILES string of the molecule is CCCCC(=O)N1C(=O)CCC1=O. The molecule has 4 heteroatoms. The Balaban J connectivity index is 2.54. The molecule has 0 saturated carbocycles. The first-order chi connectivity index (χ1) is 6.16. The minimum absolute atomic E-state index is 0.191. The predicted octanol–water partition coefficient (Wildman–Crippen LogP) is 0.852. The first kappa shape index (κ1) is 9.89. The van der Waals surface area contributed by atoms with E-state index in [0.717, 1.165) is 17.7 Å². The highest BCUT2D eigenvalue weighted by Gasteiger charge is 2.33. The van der Waals surface area contributed by atoms with Crippen molar-refractivity contribution in [3.8, 4) is 0 Å². The van der Waals surface area contributed by atoms with Gasteiger partial charge in [0.1, 0.15) is 0 Å². The van der Waals surface area contributed by atoms with E-state index in [2.05, 4.69) is 0 Å². The molecule has 0 aliphatic carbocycles. The summed E-state index contributed by atoms with van der Waals surface area (Å²) in [5.74, 6) is -1.02. The zero-order chi connectivity index (χ0) is 9.84. The summed E-state index contributed by atoms with van der Waals surface area (Å²) in [6, 6.07) is 0. The molecule has 0 radical (unpaired) electrons. The number of rotatable bonds is 3. The molecular formula is C9H13NO3. The van der Waals surface area contributed by atoms with Crippen molar-refractivity contribution < 1.29 is 14.4 Å². The molecule has 0 unspecified atom stereocenters. The van der Waals surface area contributed by atoms with Gasteiger partial charge in [0.15, 0.2) is 0 Å². The van der Waals surface area contributed by atoms with E-state index in [9.17, 15) is 14.4 Å². The minimum Gasteiger partial charge on any atom is -0.274 e. The van der Waals surface area contributed by atoms with Gasteiger partial charge in [-0.3, -0.25) is 14.4 Å². The van der Waals surface area contributed by atoms with Crippen LogP contribution in [0.5, 0.6) is 0 Å². The number of nitrogens with zero attached hydrogens (tertiary/aromatic N) is 1. The van der Waals surface area contributed by atoms with E-state index in [1.54, 1.807) is 0 Å². The first-order valence-corrected chi connectivity index (χ1v) is 4.55. The molecule has 0 N–H and O–H groups in total. The molecule has 4 nitrogen and oxygen atoms in total. The van der Waals surface area contributed by atoms with Crippen molar-refractivity contribution in [2.75, 3.05) is 0 Å². The van der Waals surface area contributed by atoms with E-state index in [1.165, 1.54) is 0 Å². The summed E-state index contributed by atoms with van der Waals surface area (Å²) in [4.78, 5) is 34.3. The molecule has 0 atom stereocenters. The Morgan fingerprint density at radius 3 is 2.31 bits per heavy atom. The lowest BCUT2D eigenvalue weighted by molar-refractivity contribution is -0.149. The average Bonchev–Trinajstić information content (AvgIpc) is 2.42. The summed E-state index contributed by atoms with van der Waals surface area (Å²) in [5, 5.41) is 0. The molecule has 13 heavy (non-hydrogen) atoms. The second-order valence-corrected chi connectivity index (χ2v) is 3.12. The van der Waals surface area contributed by atoms with Crippen LogP contribution < -0.4 is 0 Å². The molecule has 3 amide bonds. The van der Waals surface area contributed by atoms with Crippen molar-refractivity contribution in [3.63, 3.8) is 0 Å². The number of carbonyl (C=O) groups excluding carboxylic acids is 3. The molecular weight excluding hydrogens is 170 g/mol. The third kappa shape index (κ3) is 2.14.